The van der Waals surface area contributed by atoms with E-state index in [-0.39, 0.29) is 17.6 Å². The van der Waals surface area contributed by atoms with Crippen LogP contribution in [0.25, 0.3) is 10.2 Å². The van der Waals surface area contributed by atoms with Crippen molar-refractivity contribution in [2.24, 2.45) is 0 Å². The number of nitrogens with one attached hydrogen (secondary N) is 2. The van der Waals surface area contributed by atoms with Gasteiger partial charge in [-0.15, -0.1) is 22.7 Å². The molecule has 1 aromatic carbocycles. The number of carbonyl (C=O) groups excluding carboxylic acids is 2. The molecule has 2 N–H and O–H groups in total. The summed E-state index contributed by atoms with van der Waals surface area (Å²) in [7, 11) is 0. The van der Waals surface area contributed by atoms with Crippen molar-refractivity contribution in [3.8, 4) is 0 Å². The number of hydrazine groups is 1. The molecule has 2 aromatic heterocycles. The smallest absolute Gasteiger partial charge is 0.272 e. The van der Waals surface area contributed by atoms with Crippen LogP contribution in [0.15, 0.2) is 46.1 Å². The molecule has 0 unspecified atom stereocenters. The molecule has 3 rings (SSSR count). The van der Waals surface area contributed by atoms with E-state index in [0.29, 0.717) is 4.88 Å². The first-order valence-electron chi connectivity index (χ1n) is 6.33. The van der Waals surface area contributed by atoms with Gasteiger partial charge in [0.25, 0.3) is 5.91 Å². The largest absolute Gasteiger partial charge is 0.279 e. The molecule has 22 heavy (non-hydrogen) atoms. The van der Waals surface area contributed by atoms with E-state index in [4.69, 9.17) is 0 Å². The van der Waals surface area contributed by atoms with Crippen molar-refractivity contribution in [1.29, 1.82) is 0 Å². The van der Waals surface area contributed by atoms with E-state index < -0.39 is 0 Å². The number of para-hydroxylation sites is 1. The van der Waals surface area contributed by atoms with Crippen molar-refractivity contribution in [1.82, 2.24) is 15.8 Å². The molecular formula is C14H11N3O2S3. The van der Waals surface area contributed by atoms with Gasteiger partial charge in [-0.3, -0.25) is 20.4 Å². The van der Waals surface area contributed by atoms with Crippen molar-refractivity contribution in [3.05, 3.63) is 46.7 Å². The van der Waals surface area contributed by atoms with Gasteiger partial charge in [-0.2, -0.15) is 0 Å². The maximum atomic E-state index is 11.7. The minimum Gasteiger partial charge on any atom is -0.272 e. The van der Waals surface area contributed by atoms with Gasteiger partial charge in [-0.05, 0) is 23.6 Å². The average Bonchev–Trinajstić information content (AvgIpc) is 3.19. The molecule has 0 saturated carbocycles. The van der Waals surface area contributed by atoms with E-state index in [0.717, 1.165) is 14.6 Å². The highest BCUT2D eigenvalue weighted by Gasteiger charge is 2.10. The zero-order valence-corrected chi connectivity index (χ0v) is 13.7. The van der Waals surface area contributed by atoms with Gasteiger partial charge in [-0.25, -0.2) is 4.98 Å². The van der Waals surface area contributed by atoms with Crippen LogP contribution in [0.5, 0.6) is 0 Å². The summed E-state index contributed by atoms with van der Waals surface area (Å²) in [6, 6.07) is 11.3. The summed E-state index contributed by atoms with van der Waals surface area (Å²) in [5.41, 5.74) is 5.72. The second kappa shape index (κ2) is 6.91. The maximum absolute atomic E-state index is 11.7. The second-order valence-corrected chi connectivity index (χ2v) is 7.42. The van der Waals surface area contributed by atoms with Gasteiger partial charge in [-0.1, -0.05) is 30.0 Å². The summed E-state index contributed by atoms with van der Waals surface area (Å²) in [5, 5.41) is 1.81. The Bertz CT molecular complexity index is 766. The zero-order chi connectivity index (χ0) is 15.4. The third kappa shape index (κ3) is 3.65. The molecule has 0 atom stereocenters. The van der Waals surface area contributed by atoms with Gasteiger partial charge in [0.1, 0.15) is 0 Å². The Labute approximate surface area is 138 Å². The number of amides is 2. The molecule has 0 aliphatic rings. The van der Waals surface area contributed by atoms with Gasteiger partial charge in [0.2, 0.25) is 5.91 Å². The third-order valence-electron chi connectivity index (χ3n) is 2.66. The van der Waals surface area contributed by atoms with Crippen molar-refractivity contribution in [2.75, 3.05) is 5.75 Å². The summed E-state index contributed by atoms with van der Waals surface area (Å²) < 4.78 is 1.93. The molecular weight excluding hydrogens is 338 g/mol. The Morgan fingerprint density at radius 2 is 2.00 bits per heavy atom. The van der Waals surface area contributed by atoms with E-state index in [1.165, 1.54) is 23.1 Å². The van der Waals surface area contributed by atoms with Crippen LogP contribution in [0.4, 0.5) is 0 Å². The van der Waals surface area contributed by atoms with Crippen LogP contribution in [0.2, 0.25) is 0 Å². The number of fused-ring (bicyclic) bond motifs is 1. The lowest BCUT2D eigenvalue weighted by Gasteiger charge is -2.04. The number of rotatable bonds is 4. The predicted molar refractivity (Wildman–Crippen MR) is 90.3 cm³/mol. The number of hydrogen-bond donors (Lipinski definition) is 2. The SMILES string of the molecule is O=C(CSc1nc2ccccc2s1)NNC(=O)c1cccs1. The molecule has 0 saturated heterocycles. The van der Waals surface area contributed by atoms with E-state index in [1.807, 2.05) is 24.3 Å². The Morgan fingerprint density at radius 3 is 2.77 bits per heavy atom. The van der Waals surface area contributed by atoms with E-state index in [2.05, 4.69) is 15.8 Å². The molecule has 3 aromatic rings. The average molecular weight is 349 g/mol. The molecule has 0 radical (unpaired) electrons. The lowest BCUT2D eigenvalue weighted by Crippen LogP contribution is -2.42. The molecule has 2 heterocycles. The lowest BCUT2D eigenvalue weighted by atomic mass is 10.3. The van der Waals surface area contributed by atoms with E-state index in [1.54, 1.807) is 28.8 Å². The minimum absolute atomic E-state index is 0.199. The monoisotopic (exact) mass is 349 g/mol. The van der Waals surface area contributed by atoms with Crippen LogP contribution in [-0.2, 0) is 4.79 Å². The van der Waals surface area contributed by atoms with Gasteiger partial charge >= 0.3 is 0 Å². The number of thiophene rings is 1. The molecule has 0 aliphatic heterocycles. The van der Waals surface area contributed by atoms with E-state index in [9.17, 15) is 9.59 Å². The fourth-order valence-electron chi connectivity index (χ4n) is 1.67. The Morgan fingerprint density at radius 1 is 1.14 bits per heavy atom. The van der Waals surface area contributed by atoms with Gasteiger partial charge in [0, 0.05) is 0 Å². The first kappa shape index (κ1) is 15.0. The molecule has 0 spiro atoms. The molecule has 0 aliphatic carbocycles. The number of nitrogens with zero attached hydrogens (tertiary/aromatic N) is 1. The quantitative estimate of drug-likeness (QED) is 0.561. The van der Waals surface area contributed by atoms with Crippen LogP contribution in [0.1, 0.15) is 9.67 Å². The summed E-state index contributed by atoms with van der Waals surface area (Å²) in [5.74, 6) is -0.382. The van der Waals surface area contributed by atoms with Crippen LogP contribution in [0.3, 0.4) is 0 Å². The topological polar surface area (TPSA) is 71.1 Å². The van der Waals surface area contributed by atoms with Gasteiger partial charge in [0.15, 0.2) is 4.34 Å². The Balaban J connectivity index is 1.49. The summed E-state index contributed by atoms with van der Waals surface area (Å²) in [6.07, 6.45) is 0. The highest BCUT2D eigenvalue weighted by molar-refractivity contribution is 8.01. The van der Waals surface area contributed by atoms with Gasteiger partial charge < -0.3 is 0 Å². The summed E-state index contributed by atoms with van der Waals surface area (Å²) >= 11 is 4.22. The number of hydrogen-bond acceptors (Lipinski definition) is 6. The lowest BCUT2D eigenvalue weighted by molar-refractivity contribution is -0.119. The van der Waals surface area contributed by atoms with Crippen LogP contribution >= 0.6 is 34.4 Å². The maximum Gasteiger partial charge on any atom is 0.279 e. The highest BCUT2D eigenvalue weighted by atomic mass is 32.2. The number of thioether (sulfide) groups is 1. The van der Waals surface area contributed by atoms with Crippen LogP contribution < -0.4 is 10.9 Å². The molecule has 5 nitrogen and oxygen atoms in total. The van der Waals surface area contributed by atoms with Crippen molar-refractivity contribution < 1.29 is 9.59 Å². The number of thiazole rings is 1. The third-order valence-corrected chi connectivity index (χ3v) is 5.71. The van der Waals surface area contributed by atoms with Crippen LogP contribution in [0, 0.1) is 0 Å². The molecule has 8 heteroatoms. The van der Waals surface area contributed by atoms with E-state index >= 15 is 0 Å². The van der Waals surface area contributed by atoms with Crippen molar-refractivity contribution in [3.63, 3.8) is 0 Å². The molecule has 0 bridgehead atoms. The molecule has 2 amide bonds. The van der Waals surface area contributed by atoms with Gasteiger partial charge in [0.05, 0.1) is 20.8 Å². The van der Waals surface area contributed by atoms with Crippen LogP contribution in [-0.4, -0.2) is 22.6 Å². The van der Waals surface area contributed by atoms with Crippen molar-refractivity contribution >= 4 is 56.5 Å². The number of aromatic nitrogens is 1. The fourth-order valence-corrected chi connectivity index (χ4v) is 4.16. The minimum atomic E-state index is -0.312. The molecule has 0 fully saturated rings. The first-order chi connectivity index (χ1) is 10.7. The summed E-state index contributed by atoms with van der Waals surface area (Å²) in [4.78, 5) is 28.4. The molecule has 112 valence electrons. The standard InChI is InChI=1S/C14H11N3O2S3/c18-12(16-17-13(19)11-6-3-7-20-11)8-21-14-15-9-4-1-2-5-10(9)22-14/h1-7H,8H2,(H,16,18)(H,17,19). The first-order valence-corrected chi connectivity index (χ1v) is 9.01. The summed E-state index contributed by atoms with van der Waals surface area (Å²) in [6.45, 7) is 0. The number of carbonyl (C=O) groups is 2. The number of benzene rings is 1. The predicted octanol–water partition coefficient (Wildman–Crippen LogP) is 2.91. The van der Waals surface area contributed by atoms with Crippen molar-refractivity contribution in [2.45, 2.75) is 4.34 Å². The fraction of sp³-hybridized carbons (Fsp3) is 0.0714. The Kier molecular flexibility index (Phi) is 4.71. The Hall–Kier alpha value is -1.90. The zero-order valence-electron chi connectivity index (χ0n) is 11.2. The second-order valence-electron chi connectivity index (χ2n) is 4.22. The normalized spacial score (nSPS) is 10.5. The highest BCUT2D eigenvalue weighted by Crippen LogP contribution is 2.28.